The molecule has 0 spiro atoms. The second-order valence-electron chi connectivity index (χ2n) is 15.6. The van der Waals surface area contributed by atoms with E-state index < -0.39 is 0 Å². The Morgan fingerprint density at radius 3 is 1.22 bits per heavy atom. The molecule has 278 valence electrons. The molecule has 4 aromatic heterocycles. The fraction of sp³-hybridized carbons (Fsp3) is 0. The van der Waals surface area contributed by atoms with Gasteiger partial charge in [0.05, 0.1) is 55.4 Å². The summed E-state index contributed by atoms with van der Waals surface area (Å²) in [6, 6.07) is 74.0. The molecule has 60 heavy (non-hydrogen) atoms. The standard InChI is InChI=1S/C55H33N5/c56-34-43-47(60-44-25-13-10-22-38(44)39-28-30-49-52(54(39)60)40-23-11-14-26-45(40)57(49)35-16-4-1-5-17-35)32-33-48-51(43)42-29-31-50-53(55(42)59(48)37-20-8-3-9-21-37)41-24-12-15-27-46(41)58(50)36-18-6-2-7-19-36/h1-33H. The van der Waals surface area contributed by atoms with Crippen molar-refractivity contribution in [2.75, 3.05) is 0 Å². The summed E-state index contributed by atoms with van der Waals surface area (Å²) in [7, 11) is 0. The Kier molecular flexibility index (Phi) is 6.73. The van der Waals surface area contributed by atoms with E-state index in [2.05, 4.69) is 225 Å². The van der Waals surface area contributed by atoms with Gasteiger partial charge in [0.2, 0.25) is 0 Å². The lowest BCUT2D eigenvalue weighted by molar-refractivity contribution is 1.16. The predicted octanol–water partition coefficient (Wildman–Crippen LogP) is 13.9. The smallest absolute Gasteiger partial charge is 0.102 e. The first-order valence-corrected chi connectivity index (χ1v) is 20.4. The van der Waals surface area contributed by atoms with Gasteiger partial charge in [0, 0.05) is 60.2 Å². The van der Waals surface area contributed by atoms with E-state index in [0.29, 0.717) is 5.56 Å². The lowest BCUT2D eigenvalue weighted by atomic mass is 10.0. The Hall–Kier alpha value is -8.33. The number of nitriles is 1. The topological polar surface area (TPSA) is 43.5 Å². The molecule has 0 unspecified atom stereocenters. The van der Waals surface area contributed by atoms with Crippen LogP contribution in [0.2, 0.25) is 0 Å². The van der Waals surface area contributed by atoms with E-state index in [9.17, 15) is 5.26 Å². The van der Waals surface area contributed by atoms with Gasteiger partial charge in [-0.05, 0) is 78.9 Å². The molecule has 0 radical (unpaired) electrons. The van der Waals surface area contributed by atoms with Crippen LogP contribution in [0, 0.1) is 11.3 Å². The van der Waals surface area contributed by atoms with Crippen LogP contribution in [0.4, 0.5) is 0 Å². The zero-order valence-electron chi connectivity index (χ0n) is 32.3. The molecule has 4 heterocycles. The van der Waals surface area contributed by atoms with Crippen molar-refractivity contribution in [3.8, 4) is 28.8 Å². The summed E-state index contributed by atoms with van der Waals surface area (Å²) in [6.07, 6.45) is 0. The van der Waals surface area contributed by atoms with Crippen molar-refractivity contribution in [2.24, 2.45) is 0 Å². The molecule has 13 rings (SSSR count). The number of nitrogens with zero attached hydrogens (tertiary/aromatic N) is 5. The Morgan fingerprint density at radius 1 is 0.283 bits per heavy atom. The van der Waals surface area contributed by atoms with E-state index >= 15 is 0 Å². The SMILES string of the molecule is N#Cc1c(-n2c3ccccc3c3ccc4c(c5ccccc5n4-c4ccccc4)c32)ccc2c1c1ccc3c(c4ccccc4n3-c3ccccc3)c1n2-c1ccccc1. The van der Waals surface area contributed by atoms with Crippen LogP contribution in [0.1, 0.15) is 5.56 Å². The summed E-state index contributed by atoms with van der Waals surface area (Å²) in [5.41, 5.74) is 13.5. The first-order chi connectivity index (χ1) is 29.8. The minimum absolute atomic E-state index is 0.643. The van der Waals surface area contributed by atoms with Gasteiger partial charge in [-0.1, -0.05) is 121 Å². The van der Waals surface area contributed by atoms with Crippen molar-refractivity contribution in [2.45, 2.75) is 0 Å². The molecule has 0 N–H and O–H groups in total. The van der Waals surface area contributed by atoms with Crippen LogP contribution >= 0.6 is 0 Å². The largest absolute Gasteiger partial charge is 0.309 e. The second-order valence-corrected chi connectivity index (χ2v) is 15.6. The number of hydrogen-bond donors (Lipinski definition) is 0. The van der Waals surface area contributed by atoms with Crippen molar-refractivity contribution in [1.82, 2.24) is 18.3 Å². The third-order valence-corrected chi connectivity index (χ3v) is 12.6. The van der Waals surface area contributed by atoms with Crippen molar-refractivity contribution in [3.63, 3.8) is 0 Å². The number of hydrogen-bond acceptors (Lipinski definition) is 1. The van der Waals surface area contributed by atoms with E-state index in [0.717, 1.165) is 99.2 Å². The molecule has 0 atom stereocenters. The van der Waals surface area contributed by atoms with Gasteiger partial charge in [0.1, 0.15) is 6.07 Å². The van der Waals surface area contributed by atoms with Crippen molar-refractivity contribution < 1.29 is 0 Å². The van der Waals surface area contributed by atoms with Gasteiger partial charge < -0.3 is 18.3 Å². The zero-order chi connectivity index (χ0) is 39.5. The summed E-state index contributed by atoms with van der Waals surface area (Å²) >= 11 is 0. The summed E-state index contributed by atoms with van der Waals surface area (Å²) in [6.45, 7) is 0. The third-order valence-electron chi connectivity index (χ3n) is 12.6. The first kappa shape index (κ1) is 32.7. The van der Waals surface area contributed by atoms with Crippen LogP contribution in [0.25, 0.3) is 110 Å². The molecule has 13 aromatic rings. The quantitative estimate of drug-likeness (QED) is 0.176. The Morgan fingerprint density at radius 2 is 0.683 bits per heavy atom. The summed E-state index contributed by atoms with van der Waals surface area (Å²) < 4.78 is 9.46. The van der Waals surface area contributed by atoms with Gasteiger partial charge in [0.25, 0.3) is 0 Å². The molecule has 0 saturated carbocycles. The lowest BCUT2D eigenvalue weighted by Crippen LogP contribution is -2.00. The molecule has 0 amide bonds. The summed E-state index contributed by atoms with van der Waals surface area (Å²) in [4.78, 5) is 0. The average Bonchev–Trinajstić information content (AvgIpc) is 4.04. The minimum Gasteiger partial charge on any atom is -0.309 e. The maximum atomic E-state index is 11.6. The van der Waals surface area contributed by atoms with E-state index in [1.807, 2.05) is 0 Å². The van der Waals surface area contributed by atoms with Gasteiger partial charge in [-0.3, -0.25) is 0 Å². The fourth-order valence-electron chi connectivity index (χ4n) is 10.3. The van der Waals surface area contributed by atoms with Crippen LogP contribution in [0.15, 0.2) is 200 Å². The zero-order valence-corrected chi connectivity index (χ0v) is 32.3. The summed E-state index contributed by atoms with van der Waals surface area (Å²) in [5.74, 6) is 0. The highest BCUT2D eigenvalue weighted by atomic mass is 15.0. The minimum atomic E-state index is 0.643. The van der Waals surface area contributed by atoms with Gasteiger partial charge >= 0.3 is 0 Å². The Labute approximate surface area is 344 Å². The molecule has 5 nitrogen and oxygen atoms in total. The summed E-state index contributed by atoms with van der Waals surface area (Å²) in [5, 5.41) is 20.5. The van der Waals surface area contributed by atoms with E-state index in [-0.39, 0.29) is 0 Å². The molecule has 9 aromatic carbocycles. The van der Waals surface area contributed by atoms with Gasteiger partial charge in [0.15, 0.2) is 0 Å². The maximum absolute atomic E-state index is 11.6. The fourth-order valence-corrected chi connectivity index (χ4v) is 10.3. The Bertz CT molecular complexity index is 3930. The highest BCUT2D eigenvalue weighted by molar-refractivity contribution is 6.29. The van der Waals surface area contributed by atoms with Gasteiger partial charge in [-0.15, -0.1) is 0 Å². The van der Waals surface area contributed by atoms with E-state index in [4.69, 9.17) is 0 Å². The van der Waals surface area contributed by atoms with Crippen molar-refractivity contribution in [3.05, 3.63) is 206 Å². The molecule has 0 bridgehead atoms. The number of para-hydroxylation sites is 6. The van der Waals surface area contributed by atoms with E-state index in [1.54, 1.807) is 0 Å². The molecular formula is C55H33N5. The van der Waals surface area contributed by atoms with Crippen LogP contribution in [-0.2, 0) is 0 Å². The second kappa shape index (κ2) is 12.3. The van der Waals surface area contributed by atoms with Crippen LogP contribution < -0.4 is 0 Å². The number of benzene rings is 9. The first-order valence-electron chi connectivity index (χ1n) is 20.4. The van der Waals surface area contributed by atoms with Crippen molar-refractivity contribution >= 4 is 87.2 Å². The predicted molar refractivity (Wildman–Crippen MR) is 249 cm³/mol. The molecule has 0 saturated heterocycles. The molecule has 0 aliphatic heterocycles. The average molecular weight is 764 g/mol. The molecule has 0 fully saturated rings. The highest BCUT2D eigenvalue weighted by Gasteiger charge is 2.26. The molecule has 5 heteroatoms. The van der Waals surface area contributed by atoms with Crippen LogP contribution in [-0.4, -0.2) is 18.3 Å². The highest BCUT2D eigenvalue weighted by Crippen LogP contribution is 2.46. The maximum Gasteiger partial charge on any atom is 0.102 e. The van der Waals surface area contributed by atoms with Gasteiger partial charge in [-0.2, -0.15) is 5.26 Å². The molecule has 0 aliphatic rings. The lowest BCUT2D eigenvalue weighted by Gasteiger charge is -2.13. The van der Waals surface area contributed by atoms with Crippen LogP contribution in [0.5, 0.6) is 0 Å². The number of rotatable bonds is 4. The molecular weight excluding hydrogens is 731 g/mol. The monoisotopic (exact) mass is 763 g/mol. The van der Waals surface area contributed by atoms with Gasteiger partial charge in [-0.25, -0.2) is 0 Å². The number of fused-ring (bicyclic) bond motifs is 14. The Balaban J connectivity index is 1.21. The van der Waals surface area contributed by atoms with E-state index in [1.165, 1.54) is 10.8 Å². The normalized spacial score (nSPS) is 12.0. The van der Waals surface area contributed by atoms with Crippen molar-refractivity contribution in [1.29, 1.82) is 5.26 Å². The molecule has 0 aliphatic carbocycles. The number of aromatic nitrogens is 4. The van der Waals surface area contributed by atoms with Crippen LogP contribution in [0.3, 0.4) is 0 Å². The third kappa shape index (κ3) is 4.29.